The van der Waals surface area contributed by atoms with E-state index in [1.165, 1.54) is 54.9 Å². The Morgan fingerprint density at radius 3 is 2.16 bits per heavy atom. The Morgan fingerprint density at radius 1 is 0.903 bits per heavy atom. The second-order valence-corrected chi connectivity index (χ2v) is 15.1. The number of carbonyl (C=O) groups is 1. The summed E-state index contributed by atoms with van der Waals surface area (Å²) in [4.78, 5) is 11.3. The number of carboxylic acids is 1. The van der Waals surface area contributed by atoms with Gasteiger partial charge in [-0.2, -0.15) is 0 Å². The van der Waals surface area contributed by atoms with Crippen molar-refractivity contribution in [3.8, 4) is 0 Å². The summed E-state index contributed by atoms with van der Waals surface area (Å²) in [6, 6.07) is 12.4. The highest BCUT2D eigenvalue weighted by Gasteiger charge is 2.36. The monoisotopic (exact) mass is 442 g/mol. The minimum absolute atomic E-state index is 0.108. The van der Waals surface area contributed by atoms with Crippen molar-refractivity contribution in [2.75, 3.05) is 6.61 Å². The Balaban J connectivity index is 1.69. The maximum atomic E-state index is 11.3. The largest absolute Gasteiger partial charge is 0.481 e. The molecule has 0 radical (unpaired) electrons. The average molecular weight is 443 g/mol. The van der Waals surface area contributed by atoms with Gasteiger partial charge in [-0.25, -0.2) is 0 Å². The van der Waals surface area contributed by atoms with E-state index in [0.717, 1.165) is 25.0 Å². The van der Waals surface area contributed by atoms with Crippen molar-refractivity contribution in [3.63, 3.8) is 0 Å². The molecule has 0 amide bonds. The van der Waals surface area contributed by atoms with Gasteiger partial charge in [0.05, 0.1) is 6.42 Å². The molecule has 172 valence electrons. The zero-order valence-corrected chi connectivity index (χ0v) is 21.3. The molecule has 0 unspecified atom stereocenters. The summed E-state index contributed by atoms with van der Waals surface area (Å²) in [7, 11) is -1.59. The second-order valence-electron chi connectivity index (χ2n) is 10.3. The van der Waals surface area contributed by atoms with Crippen molar-refractivity contribution in [1.29, 1.82) is 0 Å². The average Bonchev–Trinajstić information content (AvgIpc) is 2.69. The molecule has 0 heterocycles. The molecule has 0 aliphatic heterocycles. The van der Waals surface area contributed by atoms with E-state index in [1.807, 2.05) is 24.3 Å². The first-order valence-corrected chi connectivity index (χ1v) is 14.9. The zero-order chi connectivity index (χ0) is 22.9. The minimum atomic E-state index is -1.59. The first-order chi connectivity index (χ1) is 14.6. The van der Waals surface area contributed by atoms with Gasteiger partial charge in [0.25, 0.3) is 0 Å². The van der Waals surface area contributed by atoms with E-state index in [0.29, 0.717) is 5.04 Å². The summed E-state index contributed by atoms with van der Waals surface area (Å²) in [5, 5.41) is 12.0. The molecule has 4 heteroatoms. The fourth-order valence-corrected chi connectivity index (χ4v) is 4.92. The van der Waals surface area contributed by atoms with E-state index in [9.17, 15) is 9.90 Å². The quantitative estimate of drug-likeness (QED) is 0.255. The third kappa shape index (κ3) is 8.08. The molecule has 2 rings (SSSR count). The third-order valence-corrected chi connectivity index (χ3v) is 11.4. The van der Waals surface area contributed by atoms with Crippen LogP contribution in [0.1, 0.15) is 76.8 Å². The van der Waals surface area contributed by atoms with Gasteiger partial charge in [0.15, 0.2) is 8.32 Å². The van der Waals surface area contributed by atoms with E-state index in [1.54, 1.807) is 0 Å². The number of aliphatic carboxylic acids is 1. The highest BCUT2D eigenvalue weighted by atomic mass is 28.4. The molecular formula is C27H42O3Si. The fourth-order valence-electron chi connectivity index (χ4n) is 3.84. The Labute approximate surface area is 190 Å². The Morgan fingerprint density at radius 2 is 1.52 bits per heavy atom. The van der Waals surface area contributed by atoms with Crippen molar-refractivity contribution >= 4 is 25.1 Å². The second kappa shape index (κ2) is 11.8. The van der Waals surface area contributed by atoms with Crippen LogP contribution in [-0.4, -0.2) is 26.0 Å². The molecule has 0 spiro atoms. The van der Waals surface area contributed by atoms with E-state index in [-0.39, 0.29) is 6.42 Å². The van der Waals surface area contributed by atoms with Crippen LogP contribution in [0, 0.1) is 0 Å². The molecule has 0 fully saturated rings. The Bertz CT molecular complexity index is 836. The van der Waals surface area contributed by atoms with Gasteiger partial charge in [-0.1, -0.05) is 89.3 Å². The van der Waals surface area contributed by atoms with Gasteiger partial charge in [-0.3, -0.25) is 4.79 Å². The Kier molecular flexibility index (Phi) is 9.76. The zero-order valence-electron chi connectivity index (χ0n) is 20.3. The van der Waals surface area contributed by atoms with Crippen molar-refractivity contribution in [1.82, 2.24) is 0 Å². The molecule has 2 aromatic carbocycles. The maximum absolute atomic E-state index is 11.3. The van der Waals surface area contributed by atoms with Crippen LogP contribution in [-0.2, 0) is 22.1 Å². The number of benzene rings is 2. The van der Waals surface area contributed by atoms with Gasteiger partial charge in [0.2, 0.25) is 0 Å². The number of fused-ring (bicyclic) bond motifs is 1. The van der Waals surface area contributed by atoms with Crippen LogP contribution in [0.3, 0.4) is 0 Å². The number of hydrogen-bond acceptors (Lipinski definition) is 2. The number of hydrogen-bond donors (Lipinski definition) is 1. The van der Waals surface area contributed by atoms with Crippen molar-refractivity contribution in [2.45, 2.75) is 96.7 Å². The number of aryl methyl sites for hydroxylation is 1. The van der Waals surface area contributed by atoms with Gasteiger partial charge in [0.1, 0.15) is 0 Å². The molecule has 0 saturated carbocycles. The molecule has 0 bridgehead atoms. The summed E-state index contributed by atoms with van der Waals surface area (Å²) in [5.41, 5.74) is 2.19. The highest BCUT2D eigenvalue weighted by molar-refractivity contribution is 6.74. The fraction of sp³-hybridized carbons (Fsp3) is 0.593. The van der Waals surface area contributed by atoms with Gasteiger partial charge in [-0.05, 0) is 59.3 Å². The summed E-state index contributed by atoms with van der Waals surface area (Å²) >= 11 is 0. The SMILES string of the molecule is CC(C)(C)[Si](C)(C)OCCCCCCCCCc1c(CC(=O)O)ccc2ccccc12. The van der Waals surface area contributed by atoms with Crippen LogP contribution in [0.4, 0.5) is 0 Å². The molecule has 0 atom stereocenters. The van der Waals surface area contributed by atoms with Gasteiger partial charge < -0.3 is 9.53 Å². The van der Waals surface area contributed by atoms with E-state index in [2.05, 4.69) is 46.0 Å². The van der Waals surface area contributed by atoms with Crippen LogP contribution >= 0.6 is 0 Å². The van der Waals surface area contributed by atoms with Crippen LogP contribution in [0.5, 0.6) is 0 Å². The summed E-state index contributed by atoms with van der Waals surface area (Å²) in [5.74, 6) is -0.755. The third-order valence-electron chi connectivity index (χ3n) is 6.82. The lowest BCUT2D eigenvalue weighted by atomic mass is 9.93. The predicted molar refractivity (Wildman–Crippen MR) is 134 cm³/mol. The molecule has 0 aromatic heterocycles. The van der Waals surface area contributed by atoms with Crippen molar-refractivity contribution < 1.29 is 14.3 Å². The highest BCUT2D eigenvalue weighted by Crippen LogP contribution is 2.36. The molecule has 31 heavy (non-hydrogen) atoms. The number of rotatable bonds is 13. The van der Waals surface area contributed by atoms with E-state index in [4.69, 9.17) is 4.43 Å². The Hall–Kier alpha value is -1.65. The molecule has 2 aromatic rings. The summed E-state index contributed by atoms with van der Waals surface area (Å²) < 4.78 is 6.26. The van der Waals surface area contributed by atoms with Crippen molar-refractivity contribution in [3.05, 3.63) is 47.5 Å². The first kappa shape index (κ1) is 25.6. The van der Waals surface area contributed by atoms with Crippen LogP contribution in [0.25, 0.3) is 10.8 Å². The summed E-state index contributed by atoms with van der Waals surface area (Å²) in [6.45, 7) is 12.4. The molecule has 3 nitrogen and oxygen atoms in total. The maximum Gasteiger partial charge on any atom is 0.307 e. The molecule has 0 saturated heterocycles. The van der Waals surface area contributed by atoms with Crippen molar-refractivity contribution in [2.24, 2.45) is 0 Å². The normalized spacial score (nSPS) is 12.4. The molecule has 0 aliphatic carbocycles. The van der Waals surface area contributed by atoms with Gasteiger partial charge in [0, 0.05) is 6.61 Å². The summed E-state index contributed by atoms with van der Waals surface area (Å²) in [6.07, 6.45) is 9.62. The van der Waals surface area contributed by atoms with E-state index < -0.39 is 14.3 Å². The predicted octanol–water partition coefficient (Wildman–Crippen LogP) is 7.76. The standard InChI is InChI=1S/C27H42O3Si/c1-27(2,3)31(4,5)30-20-14-10-8-6-7-9-11-16-25-23(21-26(28)29)19-18-22-15-12-13-17-24(22)25/h12-13,15,17-19H,6-11,14,16,20-21H2,1-5H3,(H,28,29). The smallest absolute Gasteiger partial charge is 0.307 e. The molecule has 0 aliphatic rings. The van der Waals surface area contributed by atoms with Gasteiger partial charge >= 0.3 is 5.97 Å². The van der Waals surface area contributed by atoms with Crippen LogP contribution in [0.2, 0.25) is 18.1 Å². The lowest BCUT2D eigenvalue weighted by Crippen LogP contribution is -2.40. The van der Waals surface area contributed by atoms with Gasteiger partial charge in [-0.15, -0.1) is 0 Å². The van der Waals surface area contributed by atoms with Crippen LogP contribution < -0.4 is 0 Å². The first-order valence-electron chi connectivity index (χ1n) is 12.0. The minimum Gasteiger partial charge on any atom is -0.481 e. The van der Waals surface area contributed by atoms with Crippen LogP contribution in [0.15, 0.2) is 36.4 Å². The topological polar surface area (TPSA) is 46.5 Å². The lowest BCUT2D eigenvalue weighted by Gasteiger charge is -2.36. The number of carboxylic acid groups (broad SMARTS) is 1. The number of unbranched alkanes of at least 4 members (excludes halogenated alkanes) is 6. The molecular weight excluding hydrogens is 400 g/mol. The van der Waals surface area contributed by atoms with E-state index >= 15 is 0 Å². The molecule has 1 N–H and O–H groups in total. The lowest BCUT2D eigenvalue weighted by molar-refractivity contribution is -0.136.